The summed E-state index contributed by atoms with van der Waals surface area (Å²) in [6.45, 7) is 10.7. The van der Waals surface area contributed by atoms with Crippen LogP contribution in [0.1, 0.15) is 25.8 Å². The van der Waals surface area contributed by atoms with Crippen molar-refractivity contribution >= 4 is 37.5 Å². The molecule has 9 heteroatoms. The van der Waals surface area contributed by atoms with Crippen molar-refractivity contribution in [3.63, 3.8) is 0 Å². The molecule has 0 unspecified atom stereocenters. The van der Waals surface area contributed by atoms with E-state index < -0.39 is 10.0 Å². The fraction of sp³-hybridized carbons (Fsp3) is 0.632. The lowest BCUT2D eigenvalue weighted by Gasteiger charge is -2.33. The molecule has 1 aromatic rings. The fourth-order valence-corrected chi connectivity index (χ4v) is 5.91. The van der Waals surface area contributed by atoms with E-state index in [0.717, 1.165) is 51.3 Å². The molecule has 1 fully saturated rings. The van der Waals surface area contributed by atoms with Crippen LogP contribution in [0.4, 0.5) is 5.69 Å². The van der Waals surface area contributed by atoms with Crippen LogP contribution in [0.3, 0.4) is 0 Å². The van der Waals surface area contributed by atoms with E-state index in [9.17, 15) is 13.2 Å². The third-order valence-electron chi connectivity index (χ3n) is 5.52. The molecule has 0 aromatic heterocycles. The van der Waals surface area contributed by atoms with Gasteiger partial charge in [-0.15, -0.1) is 0 Å². The van der Waals surface area contributed by atoms with Gasteiger partial charge >= 0.3 is 0 Å². The number of benzene rings is 1. The Morgan fingerprint density at radius 1 is 1.14 bits per heavy atom. The summed E-state index contributed by atoms with van der Waals surface area (Å²) >= 11 is 3.40. The fourth-order valence-electron chi connectivity index (χ4n) is 3.91. The van der Waals surface area contributed by atoms with Crippen molar-refractivity contribution < 1.29 is 13.2 Å². The van der Waals surface area contributed by atoms with Crippen molar-refractivity contribution in [2.75, 3.05) is 57.3 Å². The standard InChI is InChI=1S/C19H29BrN4O3S/c1-3-22-9-11-23(12-10-22)7-4-6-21-28(26,27)18-14-17(20)13-16-5-8-24(15(2)25)19(16)18/h13-14,21H,3-12H2,1-2H3. The van der Waals surface area contributed by atoms with Crippen LogP contribution in [0.2, 0.25) is 0 Å². The van der Waals surface area contributed by atoms with E-state index in [1.54, 1.807) is 11.0 Å². The van der Waals surface area contributed by atoms with Crippen LogP contribution in [-0.4, -0.2) is 76.5 Å². The largest absolute Gasteiger partial charge is 0.311 e. The first-order valence-corrected chi connectivity index (χ1v) is 12.1. The predicted octanol–water partition coefficient (Wildman–Crippen LogP) is 1.66. The van der Waals surface area contributed by atoms with E-state index in [0.29, 0.717) is 29.7 Å². The molecule has 2 heterocycles. The number of halogens is 1. The Balaban J connectivity index is 1.62. The van der Waals surface area contributed by atoms with Gasteiger partial charge in [-0.05, 0) is 43.6 Å². The summed E-state index contributed by atoms with van der Waals surface area (Å²) in [5.74, 6) is -0.135. The summed E-state index contributed by atoms with van der Waals surface area (Å²) in [6, 6.07) is 3.49. The molecule has 1 aromatic carbocycles. The van der Waals surface area contributed by atoms with Crippen molar-refractivity contribution in [3.05, 3.63) is 22.2 Å². The molecule has 0 atom stereocenters. The Kier molecular flexibility index (Phi) is 7.14. The molecule has 1 amide bonds. The monoisotopic (exact) mass is 472 g/mol. The van der Waals surface area contributed by atoms with Crippen LogP contribution in [0.5, 0.6) is 0 Å². The number of likely N-dealkylation sites (N-methyl/N-ethyl adjacent to an activating group) is 1. The van der Waals surface area contributed by atoms with Crippen LogP contribution >= 0.6 is 15.9 Å². The first-order valence-electron chi connectivity index (χ1n) is 9.86. The van der Waals surface area contributed by atoms with Gasteiger partial charge in [0, 0.05) is 50.7 Å². The number of nitrogens with zero attached hydrogens (tertiary/aromatic N) is 3. The molecule has 2 aliphatic heterocycles. The van der Waals surface area contributed by atoms with Crippen molar-refractivity contribution in [2.45, 2.75) is 31.6 Å². The van der Waals surface area contributed by atoms with E-state index in [2.05, 4.69) is 37.4 Å². The minimum absolute atomic E-state index is 0.135. The SMILES string of the molecule is CCN1CCN(CCCNS(=O)(=O)c2cc(Br)cc3c2N(C(C)=O)CC3)CC1. The molecule has 0 aliphatic carbocycles. The summed E-state index contributed by atoms with van der Waals surface area (Å²) < 4.78 is 29.4. The van der Waals surface area contributed by atoms with Gasteiger partial charge < -0.3 is 14.7 Å². The quantitative estimate of drug-likeness (QED) is 0.610. The van der Waals surface area contributed by atoms with E-state index in [1.165, 1.54) is 6.92 Å². The highest BCUT2D eigenvalue weighted by atomic mass is 79.9. The number of rotatable bonds is 7. The first-order chi connectivity index (χ1) is 13.3. The normalized spacial score (nSPS) is 18.5. The minimum Gasteiger partial charge on any atom is -0.311 e. The van der Waals surface area contributed by atoms with Gasteiger partial charge in [-0.2, -0.15) is 0 Å². The summed E-state index contributed by atoms with van der Waals surface area (Å²) in [5.41, 5.74) is 1.41. The highest BCUT2D eigenvalue weighted by Crippen LogP contribution is 2.37. The maximum atomic E-state index is 13.0. The van der Waals surface area contributed by atoms with Crippen molar-refractivity contribution in [1.29, 1.82) is 0 Å². The zero-order chi connectivity index (χ0) is 20.3. The topological polar surface area (TPSA) is 73.0 Å². The Morgan fingerprint density at radius 3 is 2.46 bits per heavy atom. The van der Waals surface area contributed by atoms with Crippen LogP contribution in [-0.2, 0) is 21.2 Å². The Morgan fingerprint density at radius 2 is 1.82 bits per heavy atom. The highest BCUT2D eigenvalue weighted by molar-refractivity contribution is 9.10. The van der Waals surface area contributed by atoms with Gasteiger partial charge in [0.05, 0.1) is 5.69 Å². The minimum atomic E-state index is -3.69. The summed E-state index contributed by atoms with van der Waals surface area (Å²) in [5, 5.41) is 0. The van der Waals surface area contributed by atoms with Gasteiger partial charge in [-0.1, -0.05) is 22.9 Å². The van der Waals surface area contributed by atoms with Gasteiger partial charge in [0.1, 0.15) is 4.90 Å². The average Bonchev–Trinajstić information content (AvgIpc) is 3.09. The van der Waals surface area contributed by atoms with E-state index >= 15 is 0 Å². The lowest BCUT2D eigenvalue weighted by molar-refractivity contribution is -0.116. The number of carbonyl (C=O) groups excluding carboxylic acids is 1. The molecule has 1 N–H and O–H groups in total. The third kappa shape index (κ3) is 4.94. The lowest BCUT2D eigenvalue weighted by atomic mass is 10.2. The molecule has 2 aliphatic rings. The molecule has 7 nitrogen and oxygen atoms in total. The molecular weight excluding hydrogens is 444 g/mol. The first kappa shape index (κ1) is 21.7. The molecule has 0 radical (unpaired) electrons. The lowest BCUT2D eigenvalue weighted by Crippen LogP contribution is -2.46. The number of amides is 1. The predicted molar refractivity (Wildman–Crippen MR) is 114 cm³/mol. The average molecular weight is 473 g/mol. The second-order valence-electron chi connectivity index (χ2n) is 7.36. The van der Waals surface area contributed by atoms with Crippen molar-refractivity contribution in [1.82, 2.24) is 14.5 Å². The molecule has 0 saturated carbocycles. The molecule has 0 spiro atoms. The molecule has 0 bridgehead atoms. The van der Waals surface area contributed by atoms with Crippen molar-refractivity contribution in [3.8, 4) is 0 Å². The zero-order valence-electron chi connectivity index (χ0n) is 16.6. The number of piperazine rings is 1. The number of carbonyl (C=O) groups is 1. The molecular formula is C19H29BrN4O3S. The third-order valence-corrected chi connectivity index (χ3v) is 7.45. The van der Waals surface area contributed by atoms with Gasteiger partial charge in [-0.25, -0.2) is 13.1 Å². The maximum Gasteiger partial charge on any atom is 0.242 e. The number of anilines is 1. The van der Waals surface area contributed by atoms with E-state index in [1.807, 2.05) is 6.07 Å². The Labute approximate surface area is 176 Å². The van der Waals surface area contributed by atoms with E-state index in [4.69, 9.17) is 0 Å². The Hall–Kier alpha value is -1.00. The maximum absolute atomic E-state index is 13.0. The second-order valence-corrected chi connectivity index (χ2v) is 10.0. The number of sulfonamides is 1. The van der Waals surface area contributed by atoms with Gasteiger partial charge in [-0.3, -0.25) is 4.79 Å². The van der Waals surface area contributed by atoms with Gasteiger partial charge in [0.25, 0.3) is 0 Å². The van der Waals surface area contributed by atoms with Crippen LogP contribution < -0.4 is 9.62 Å². The van der Waals surface area contributed by atoms with Crippen LogP contribution in [0.15, 0.2) is 21.5 Å². The summed E-state index contributed by atoms with van der Waals surface area (Å²) in [4.78, 5) is 18.5. The van der Waals surface area contributed by atoms with Gasteiger partial charge in [0.15, 0.2) is 0 Å². The number of nitrogens with one attached hydrogen (secondary N) is 1. The van der Waals surface area contributed by atoms with Crippen LogP contribution in [0.25, 0.3) is 0 Å². The smallest absolute Gasteiger partial charge is 0.242 e. The van der Waals surface area contributed by atoms with Crippen molar-refractivity contribution in [2.24, 2.45) is 0 Å². The molecule has 3 rings (SSSR count). The zero-order valence-corrected chi connectivity index (χ0v) is 19.0. The summed E-state index contributed by atoms with van der Waals surface area (Å²) in [7, 11) is -3.69. The molecule has 28 heavy (non-hydrogen) atoms. The van der Waals surface area contributed by atoms with Gasteiger partial charge in [0.2, 0.25) is 15.9 Å². The van der Waals surface area contributed by atoms with Crippen LogP contribution in [0, 0.1) is 0 Å². The molecule has 156 valence electrons. The molecule has 1 saturated heterocycles. The Bertz CT molecular complexity index is 823. The number of hydrogen-bond donors (Lipinski definition) is 1. The number of fused-ring (bicyclic) bond motifs is 1. The summed E-state index contributed by atoms with van der Waals surface area (Å²) in [6.07, 6.45) is 1.43. The highest BCUT2D eigenvalue weighted by Gasteiger charge is 2.31. The number of hydrogen-bond acceptors (Lipinski definition) is 5. The second kappa shape index (κ2) is 9.21. The van der Waals surface area contributed by atoms with E-state index in [-0.39, 0.29) is 10.8 Å².